The Morgan fingerprint density at radius 2 is 1.83 bits per heavy atom. The largest absolute Gasteiger partial charge is 0.493 e. The predicted molar refractivity (Wildman–Crippen MR) is 128 cm³/mol. The number of nitro groups is 1. The molecule has 3 aromatic carbocycles. The van der Waals surface area contributed by atoms with E-state index in [9.17, 15) is 19.7 Å². The maximum absolute atomic E-state index is 12.6. The average molecular weight is 472 g/mol. The fraction of sp³-hybridized carbons (Fsp3) is 0.115. The third-order valence-corrected chi connectivity index (χ3v) is 5.41. The Bertz CT molecular complexity index is 1420. The molecule has 9 nitrogen and oxygen atoms in total. The molecule has 1 aliphatic rings. The van der Waals surface area contributed by atoms with Crippen LogP contribution >= 0.6 is 0 Å². The van der Waals surface area contributed by atoms with Crippen molar-refractivity contribution in [1.82, 2.24) is 0 Å². The Balaban J connectivity index is 1.61. The molecular weight excluding hydrogens is 452 g/mol. The van der Waals surface area contributed by atoms with Crippen LogP contribution in [0.4, 0.5) is 5.69 Å². The molecule has 9 heteroatoms. The smallest absolute Gasteiger partial charge is 0.363 e. The SMILES string of the molecule is COc1cc(/C=C2\N=C(c3cccc([N+](=O)[O-])c3C)OC2=O)ccc1OC(=O)c1ccccc1C. The molecule has 0 radical (unpaired) electrons. The van der Waals surface area contributed by atoms with E-state index in [1.807, 2.05) is 19.1 Å². The topological polar surface area (TPSA) is 117 Å². The van der Waals surface area contributed by atoms with Crippen molar-refractivity contribution in [2.75, 3.05) is 7.11 Å². The summed E-state index contributed by atoms with van der Waals surface area (Å²) < 4.78 is 16.1. The maximum atomic E-state index is 12.6. The van der Waals surface area contributed by atoms with Crippen LogP contribution in [0, 0.1) is 24.0 Å². The Kier molecular flexibility index (Phi) is 6.41. The molecule has 0 fully saturated rings. The van der Waals surface area contributed by atoms with Crippen molar-refractivity contribution in [3.63, 3.8) is 0 Å². The number of hydrogen-bond acceptors (Lipinski definition) is 8. The van der Waals surface area contributed by atoms with Crippen molar-refractivity contribution in [3.05, 3.63) is 104 Å². The minimum Gasteiger partial charge on any atom is -0.493 e. The van der Waals surface area contributed by atoms with Crippen LogP contribution in [0.15, 0.2) is 71.4 Å². The fourth-order valence-electron chi connectivity index (χ4n) is 3.55. The van der Waals surface area contributed by atoms with Crippen LogP contribution in [0.3, 0.4) is 0 Å². The van der Waals surface area contributed by atoms with E-state index in [0.717, 1.165) is 5.56 Å². The number of esters is 2. The van der Waals surface area contributed by atoms with Gasteiger partial charge in [0.15, 0.2) is 17.2 Å². The maximum Gasteiger partial charge on any atom is 0.363 e. The highest BCUT2D eigenvalue weighted by atomic mass is 16.6. The van der Waals surface area contributed by atoms with Crippen molar-refractivity contribution in [3.8, 4) is 11.5 Å². The van der Waals surface area contributed by atoms with E-state index in [-0.39, 0.29) is 28.8 Å². The number of cyclic esters (lactones) is 1. The van der Waals surface area contributed by atoms with E-state index in [0.29, 0.717) is 22.3 Å². The van der Waals surface area contributed by atoms with Gasteiger partial charge in [-0.25, -0.2) is 14.6 Å². The van der Waals surface area contributed by atoms with Gasteiger partial charge in [-0.1, -0.05) is 30.3 Å². The lowest BCUT2D eigenvalue weighted by Gasteiger charge is -2.11. The number of aryl methyl sites for hydroxylation is 1. The summed E-state index contributed by atoms with van der Waals surface area (Å²) in [5.74, 6) is -0.730. The molecule has 3 aromatic rings. The summed E-state index contributed by atoms with van der Waals surface area (Å²) in [7, 11) is 1.43. The highest BCUT2D eigenvalue weighted by molar-refractivity contribution is 6.13. The molecule has 0 amide bonds. The van der Waals surface area contributed by atoms with Crippen molar-refractivity contribution >= 4 is 29.6 Å². The monoisotopic (exact) mass is 472 g/mol. The molecule has 0 spiro atoms. The first kappa shape index (κ1) is 23.4. The van der Waals surface area contributed by atoms with Crippen molar-refractivity contribution in [1.29, 1.82) is 0 Å². The second-order valence-corrected chi connectivity index (χ2v) is 7.66. The van der Waals surface area contributed by atoms with E-state index in [1.54, 1.807) is 43.3 Å². The third-order valence-electron chi connectivity index (χ3n) is 5.41. The zero-order valence-corrected chi connectivity index (χ0v) is 19.1. The molecule has 4 rings (SSSR count). The van der Waals surface area contributed by atoms with Gasteiger partial charge < -0.3 is 14.2 Å². The molecule has 0 aliphatic carbocycles. The van der Waals surface area contributed by atoms with Gasteiger partial charge in [-0.05, 0) is 55.3 Å². The number of hydrogen-bond donors (Lipinski definition) is 0. The highest BCUT2D eigenvalue weighted by Gasteiger charge is 2.27. The Hall–Kier alpha value is -4.79. The summed E-state index contributed by atoms with van der Waals surface area (Å²) in [5.41, 5.74) is 2.37. The highest BCUT2D eigenvalue weighted by Crippen LogP contribution is 2.31. The molecule has 0 atom stereocenters. The van der Waals surface area contributed by atoms with Gasteiger partial charge in [0, 0.05) is 17.2 Å². The Labute approximate surface area is 200 Å². The van der Waals surface area contributed by atoms with E-state index in [4.69, 9.17) is 14.2 Å². The van der Waals surface area contributed by atoms with E-state index < -0.39 is 16.9 Å². The van der Waals surface area contributed by atoms with Crippen LogP contribution in [0.25, 0.3) is 6.08 Å². The van der Waals surface area contributed by atoms with Crippen LogP contribution < -0.4 is 9.47 Å². The van der Waals surface area contributed by atoms with Crippen LogP contribution in [0.1, 0.15) is 32.6 Å². The molecule has 0 N–H and O–H groups in total. The molecule has 1 heterocycles. The van der Waals surface area contributed by atoms with Gasteiger partial charge in [0.05, 0.1) is 17.6 Å². The number of aliphatic imine (C=N–C) groups is 1. The number of rotatable bonds is 6. The van der Waals surface area contributed by atoms with Crippen molar-refractivity contribution in [2.45, 2.75) is 13.8 Å². The van der Waals surface area contributed by atoms with Gasteiger partial charge >= 0.3 is 11.9 Å². The molecular formula is C26H20N2O7. The lowest BCUT2D eigenvalue weighted by molar-refractivity contribution is -0.385. The lowest BCUT2D eigenvalue weighted by atomic mass is 10.1. The zero-order chi connectivity index (χ0) is 25.1. The third kappa shape index (κ3) is 4.79. The first-order valence-electron chi connectivity index (χ1n) is 10.5. The summed E-state index contributed by atoms with van der Waals surface area (Å²) in [5, 5.41) is 11.2. The summed E-state index contributed by atoms with van der Waals surface area (Å²) in [4.78, 5) is 39.9. The second kappa shape index (κ2) is 9.60. The minimum absolute atomic E-state index is 0.0117. The lowest BCUT2D eigenvalue weighted by Crippen LogP contribution is -2.10. The molecule has 0 saturated carbocycles. The number of benzene rings is 3. The number of nitrogens with zero attached hydrogens (tertiary/aromatic N) is 2. The molecule has 0 saturated heterocycles. The Morgan fingerprint density at radius 3 is 2.54 bits per heavy atom. The summed E-state index contributed by atoms with van der Waals surface area (Å²) >= 11 is 0. The molecule has 35 heavy (non-hydrogen) atoms. The first-order valence-corrected chi connectivity index (χ1v) is 10.5. The van der Waals surface area contributed by atoms with Crippen LogP contribution in [0.5, 0.6) is 11.5 Å². The van der Waals surface area contributed by atoms with E-state index in [1.165, 1.54) is 25.3 Å². The number of nitro benzene ring substituents is 1. The number of methoxy groups -OCH3 is 1. The van der Waals surface area contributed by atoms with Crippen molar-refractivity contribution in [2.24, 2.45) is 4.99 Å². The van der Waals surface area contributed by atoms with Gasteiger partial charge in [-0.15, -0.1) is 0 Å². The van der Waals surface area contributed by atoms with Crippen LogP contribution in [0.2, 0.25) is 0 Å². The zero-order valence-electron chi connectivity index (χ0n) is 19.1. The molecule has 1 aliphatic heterocycles. The predicted octanol–water partition coefficient (Wildman–Crippen LogP) is 4.78. The fourth-order valence-corrected chi connectivity index (χ4v) is 3.55. The van der Waals surface area contributed by atoms with E-state index >= 15 is 0 Å². The average Bonchev–Trinajstić information content (AvgIpc) is 3.19. The van der Waals surface area contributed by atoms with Gasteiger partial charge in [0.2, 0.25) is 5.90 Å². The summed E-state index contributed by atoms with van der Waals surface area (Å²) in [6, 6.07) is 16.3. The van der Waals surface area contributed by atoms with Gasteiger partial charge in [-0.3, -0.25) is 10.1 Å². The standard InChI is InChI=1S/C26H20N2O7/c1-15-7-4-5-8-18(15)25(29)34-22-12-11-17(14-23(22)33-3)13-20-26(30)35-24(27-20)19-9-6-10-21(16(19)2)28(31)32/h4-14H,1-3H3/b20-13-. The molecule has 176 valence electrons. The van der Waals surface area contributed by atoms with Crippen LogP contribution in [-0.4, -0.2) is 29.9 Å². The summed E-state index contributed by atoms with van der Waals surface area (Å²) in [6.45, 7) is 3.38. The van der Waals surface area contributed by atoms with Gasteiger partial charge in [0.1, 0.15) is 0 Å². The van der Waals surface area contributed by atoms with Gasteiger partial charge in [-0.2, -0.15) is 0 Å². The Morgan fingerprint density at radius 1 is 1.06 bits per heavy atom. The first-order chi connectivity index (χ1) is 16.8. The number of carbonyl (C=O) groups excluding carboxylic acids is 2. The molecule has 0 unspecified atom stereocenters. The number of carbonyl (C=O) groups is 2. The van der Waals surface area contributed by atoms with Gasteiger partial charge in [0.25, 0.3) is 5.69 Å². The minimum atomic E-state index is -0.695. The normalized spacial score (nSPS) is 13.9. The number of ether oxygens (including phenoxy) is 3. The van der Waals surface area contributed by atoms with Crippen LogP contribution in [-0.2, 0) is 9.53 Å². The quantitative estimate of drug-likeness (QED) is 0.166. The van der Waals surface area contributed by atoms with E-state index in [2.05, 4.69) is 4.99 Å². The molecule has 0 aromatic heterocycles. The molecule has 0 bridgehead atoms. The second-order valence-electron chi connectivity index (χ2n) is 7.66. The van der Waals surface area contributed by atoms with Crippen molar-refractivity contribution < 1.29 is 28.7 Å². The summed E-state index contributed by atoms with van der Waals surface area (Å²) in [6.07, 6.45) is 1.48.